The summed E-state index contributed by atoms with van der Waals surface area (Å²) in [5.41, 5.74) is 0.983. The van der Waals surface area contributed by atoms with E-state index in [9.17, 15) is 8.42 Å². The first-order valence-electron chi connectivity index (χ1n) is 8.54. The van der Waals surface area contributed by atoms with Crippen LogP contribution in [0.2, 0.25) is 0 Å². The minimum absolute atomic E-state index is 0.167. The van der Waals surface area contributed by atoms with Gasteiger partial charge in [0, 0.05) is 31.3 Å². The number of hydrogen-bond donors (Lipinski definition) is 2. The molecular formula is C16H30N4O3S. The second kappa shape index (κ2) is 10.3. The van der Waals surface area contributed by atoms with Crippen molar-refractivity contribution in [2.45, 2.75) is 52.5 Å². The number of sulfone groups is 1. The van der Waals surface area contributed by atoms with E-state index in [1.807, 2.05) is 13.0 Å². The predicted molar refractivity (Wildman–Crippen MR) is 97.0 cm³/mol. The molecule has 24 heavy (non-hydrogen) atoms. The highest BCUT2D eigenvalue weighted by Crippen LogP contribution is 2.22. The third kappa shape index (κ3) is 7.81. The molecule has 138 valence electrons. The van der Waals surface area contributed by atoms with Crippen LogP contribution >= 0.6 is 0 Å². The molecule has 0 spiro atoms. The summed E-state index contributed by atoms with van der Waals surface area (Å²) in [6, 6.07) is 1.97. The van der Waals surface area contributed by atoms with Crippen LogP contribution in [0.1, 0.15) is 57.4 Å². The van der Waals surface area contributed by atoms with Crippen molar-refractivity contribution in [3.63, 3.8) is 0 Å². The van der Waals surface area contributed by atoms with Gasteiger partial charge in [-0.2, -0.15) is 0 Å². The second-order valence-corrected chi connectivity index (χ2v) is 8.10. The van der Waals surface area contributed by atoms with Crippen molar-refractivity contribution < 1.29 is 12.9 Å². The molecule has 0 aromatic carbocycles. The smallest absolute Gasteiger partial charge is 0.191 e. The van der Waals surface area contributed by atoms with E-state index in [-0.39, 0.29) is 5.75 Å². The minimum atomic E-state index is -2.92. The number of aromatic nitrogens is 1. The Hall–Kier alpha value is -1.57. The van der Waals surface area contributed by atoms with E-state index in [1.165, 1.54) is 6.26 Å². The average Bonchev–Trinajstić information content (AvgIpc) is 2.98. The lowest BCUT2D eigenvalue weighted by molar-refractivity contribution is 0.372. The Morgan fingerprint density at radius 1 is 1.29 bits per heavy atom. The normalized spacial score (nSPS) is 12.6. The van der Waals surface area contributed by atoms with E-state index in [4.69, 9.17) is 4.52 Å². The zero-order chi connectivity index (χ0) is 18.0. The van der Waals surface area contributed by atoms with Gasteiger partial charge in [-0.05, 0) is 26.2 Å². The van der Waals surface area contributed by atoms with Crippen molar-refractivity contribution in [2.75, 3.05) is 25.1 Å². The van der Waals surface area contributed by atoms with Gasteiger partial charge in [-0.15, -0.1) is 0 Å². The highest BCUT2D eigenvalue weighted by Gasteiger charge is 2.12. The standard InChI is InChI=1S/C16H30N4O3S/c1-5-13(6-2)15-11-14(23-20-15)12-19-16(17-7-3)18-9-8-10-24(4,21)22/h11,13H,5-10,12H2,1-4H3,(H2,17,18,19). The van der Waals surface area contributed by atoms with Crippen LogP contribution in [-0.2, 0) is 16.4 Å². The van der Waals surface area contributed by atoms with Gasteiger partial charge in [0.1, 0.15) is 16.4 Å². The Morgan fingerprint density at radius 2 is 2.00 bits per heavy atom. The first kappa shape index (κ1) is 20.5. The fourth-order valence-corrected chi connectivity index (χ4v) is 3.01. The molecule has 7 nitrogen and oxygen atoms in total. The summed E-state index contributed by atoms with van der Waals surface area (Å²) in [6.07, 6.45) is 3.87. The Morgan fingerprint density at radius 3 is 2.58 bits per heavy atom. The summed E-state index contributed by atoms with van der Waals surface area (Å²) >= 11 is 0. The summed E-state index contributed by atoms with van der Waals surface area (Å²) in [6.45, 7) is 7.94. The van der Waals surface area contributed by atoms with Crippen LogP contribution in [-0.4, -0.2) is 44.6 Å². The van der Waals surface area contributed by atoms with E-state index in [1.54, 1.807) is 0 Å². The third-order valence-electron chi connectivity index (χ3n) is 3.70. The van der Waals surface area contributed by atoms with Gasteiger partial charge in [0.05, 0.1) is 11.4 Å². The maximum absolute atomic E-state index is 11.1. The molecule has 0 unspecified atom stereocenters. The average molecular weight is 359 g/mol. The summed E-state index contributed by atoms with van der Waals surface area (Å²) in [5, 5.41) is 10.4. The van der Waals surface area contributed by atoms with Crippen LogP contribution in [0.25, 0.3) is 0 Å². The van der Waals surface area contributed by atoms with Crippen molar-refractivity contribution in [1.82, 2.24) is 15.8 Å². The summed E-state index contributed by atoms with van der Waals surface area (Å²) in [4.78, 5) is 4.45. The Kier molecular flexibility index (Phi) is 8.81. The third-order valence-corrected chi connectivity index (χ3v) is 4.73. The number of nitrogens with zero attached hydrogens (tertiary/aromatic N) is 2. The molecule has 0 bridgehead atoms. The van der Waals surface area contributed by atoms with Gasteiger partial charge in [-0.1, -0.05) is 19.0 Å². The van der Waals surface area contributed by atoms with Crippen molar-refractivity contribution in [3.8, 4) is 0 Å². The van der Waals surface area contributed by atoms with Gasteiger partial charge in [-0.3, -0.25) is 0 Å². The Labute approximate surface area is 145 Å². The molecule has 0 saturated heterocycles. The fraction of sp³-hybridized carbons (Fsp3) is 0.750. The molecule has 0 radical (unpaired) electrons. The summed E-state index contributed by atoms with van der Waals surface area (Å²) in [5.74, 6) is 1.96. The highest BCUT2D eigenvalue weighted by molar-refractivity contribution is 7.90. The van der Waals surface area contributed by atoms with E-state index >= 15 is 0 Å². The van der Waals surface area contributed by atoms with Crippen molar-refractivity contribution in [3.05, 3.63) is 17.5 Å². The van der Waals surface area contributed by atoms with Crippen LogP contribution in [0.15, 0.2) is 15.6 Å². The lowest BCUT2D eigenvalue weighted by Crippen LogP contribution is -2.38. The maximum atomic E-state index is 11.1. The molecule has 1 aromatic rings. The number of guanidine groups is 1. The van der Waals surface area contributed by atoms with Crippen LogP contribution in [0.3, 0.4) is 0 Å². The van der Waals surface area contributed by atoms with Gasteiger partial charge in [0.25, 0.3) is 0 Å². The van der Waals surface area contributed by atoms with Gasteiger partial charge < -0.3 is 15.2 Å². The van der Waals surface area contributed by atoms with Gasteiger partial charge in [-0.25, -0.2) is 13.4 Å². The van der Waals surface area contributed by atoms with Crippen molar-refractivity contribution in [1.29, 1.82) is 0 Å². The summed E-state index contributed by atoms with van der Waals surface area (Å²) < 4.78 is 27.6. The monoisotopic (exact) mass is 358 g/mol. The molecule has 0 atom stereocenters. The molecule has 2 N–H and O–H groups in total. The maximum Gasteiger partial charge on any atom is 0.191 e. The lowest BCUT2D eigenvalue weighted by Gasteiger charge is -2.10. The van der Waals surface area contributed by atoms with Crippen LogP contribution in [0, 0.1) is 0 Å². The zero-order valence-electron chi connectivity index (χ0n) is 15.1. The SMILES string of the molecule is CCNC(=NCc1cc(C(CC)CC)no1)NCCCS(C)(=O)=O. The highest BCUT2D eigenvalue weighted by atomic mass is 32.2. The van der Waals surface area contributed by atoms with Crippen molar-refractivity contribution >= 4 is 15.8 Å². The van der Waals surface area contributed by atoms with Crippen LogP contribution < -0.4 is 10.6 Å². The van der Waals surface area contributed by atoms with E-state index in [0.717, 1.165) is 30.8 Å². The molecule has 0 amide bonds. The van der Waals surface area contributed by atoms with E-state index in [0.29, 0.717) is 31.4 Å². The predicted octanol–water partition coefficient (Wildman–Crippen LogP) is 2.07. The Bertz CT molecular complexity index is 607. The molecule has 0 aliphatic heterocycles. The fourth-order valence-electron chi connectivity index (χ4n) is 2.34. The number of aliphatic imine (C=N–C) groups is 1. The van der Waals surface area contributed by atoms with Gasteiger partial charge in [0.2, 0.25) is 0 Å². The van der Waals surface area contributed by atoms with Gasteiger partial charge in [0.15, 0.2) is 11.7 Å². The second-order valence-electron chi connectivity index (χ2n) is 5.84. The molecule has 1 heterocycles. The van der Waals surface area contributed by atoms with Gasteiger partial charge >= 0.3 is 0 Å². The molecule has 0 aliphatic carbocycles. The van der Waals surface area contributed by atoms with E-state index in [2.05, 4.69) is 34.6 Å². The van der Waals surface area contributed by atoms with Crippen LogP contribution in [0.4, 0.5) is 0 Å². The first-order valence-corrected chi connectivity index (χ1v) is 10.6. The lowest BCUT2D eigenvalue weighted by atomic mass is 9.99. The molecular weight excluding hydrogens is 328 g/mol. The molecule has 1 aromatic heterocycles. The topological polar surface area (TPSA) is 96.6 Å². The van der Waals surface area contributed by atoms with Crippen LogP contribution in [0.5, 0.6) is 0 Å². The molecule has 0 saturated carbocycles. The number of nitrogens with one attached hydrogen (secondary N) is 2. The zero-order valence-corrected chi connectivity index (χ0v) is 15.9. The van der Waals surface area contributed by atoms with Crippen molar-refractivity contribution in [2.24, 2.45) is 4.99 Å². The largest absolute Gasteiger partial charge is 0.359 e. The number of hydrogen-bond acceptors (Lipinski definition) is 5. The Balaban J connectivity index is 2.56. The molecule has 1 rings (SSSR count). The molecule has 0 fully saturated rings. The quantitative estimate of drug-likeness (QED) is 0.377. The minimum Gasteiger partial charge on any atom is -0.359 e. The first-order chi connectivity index (χ1) is 11.4. The molecule has 0 aliphatic rings. The number of rotatable bonds is 10. The summed E-state index contributed by atoms with van der Waals surface area (Å²) in [7, 11) is -2.92. The molecule has 8 heteroatoms. The van der Waals surface area contributed by atoms with E-state index < -0.39 is 9.84 Å².